The van der Waals surface area contributed by atoms with Crippen molar-refractivity contribution in [3.05, 3.63) is 52.5 Å². The zero-order valence-electron chi connectivity index (χ0n) is 14.7. The second kappa shape index (κ2) is 10.2. The molecule has 0 fully saturated rings. The van der Waals surface area contributed by atoms with Crippen LogP contribution in [0.4, 0.5) is 5.69 Å². The van der Waals surface area contributed by atoms with Crippen LogP contribution in [-0.4, -0.2) is 30.7 Å². The number of hydrogen-bond donors (Lipinski definition) is 2. The lowest BCUT2D eigenvalue weighted by Crippen LogP contribution is -2.28. The molecule has 0 aliphatic rings. The minimum absolute atomic E-state index is 0.0251. The summed E-state index contributed by atoms with van der Waals surface area (Å²) in [6.07, 6.45) is 0. The zero-order valence-corrected chi connectivity index (χ0v) is 17.1. The molecule has 5 nitrogen and oxygen atoms in total. The monoisotopic (exact) mass is 436 g/mol. The molecule has 0 aromatic heterocycles. The van der Waals surface area contributed by atoms with Crippen molar-refractivity contribution >= 4 is 45.2 Å². The standard InChI is InChI=1S/C19H21BrN2O3S/c1-3-21-18(23)11-25-16-7-5-15(6-8-16)22-19(24)12-26-17-9-4-14(20)10-13(17)2/h4-10H,3,11-12H2,1-2H3,(H,21,23)(H,22,24). The predicted molar refractivity (Wildman–Crippen MR) is 109 cm³/mol. The topological polar surface area (TPSA) is 67.4 Å². The maximum atomic E-state index is 12.1. The van der Waals surface area contributed by atoms with Gasteiger partial charge in [0.2, 0.25) is 5.91 Å². The Balaban J connectivity index is 1.80. The van der Waals surface area contributed by atoms with Gasteiger partial charge >= 0.3 is 0 Å². The summed E-state index contributed by atoms with van der Waals surface area (Å²) in [5.41, 5.74) is 1.82. The molecule has 7 heteroatoms. The van der Waals surface area contributed by atoms with Crippen LogP contribution >= 0.6 is 27.7 Å². The van der Waals surface area contributed by atoms with Gasteiger partial charge in [0.05, 0.1) is 5.75 Å². The summed E-state index contributed by atoms with van der Waals surface area (Å²) in [5, 5.41) is 5.51. The van der Waals surface area contributed by atoms with Gasteiger partial charge in [-0.1, -0.05) is 15.9 Å². The van der Waals surface area contributed by atoms with Crippen LogP contribution in [0, 0.1) is 6.92 Å². The molecule has 2 aromatic carbocycles. The minimum Gasteiger partial charge on any atom is -0.484 e. The van der Waals surface area contributed by atoms with Crippen molar-refractivity contribution in [3.8, 4) is 5.75 Å². The lowest BCUT2D eigenvalue weighted by atomic mass is 10.2. The highest BCUT2D eigenvalue weighted by Crippen LogP contribution is 2.25. The summed E-state index contributed by atoms with van der Waals surface area (Å²) >= 11 is 4.93. The molecule has 2 amide bonds. The summed E-state index contributed by atoms with van der Waals surface area (Å²) in [6.45, 7) is 4.42. The van der Waals surface area contributed by atoms with Gasteiger partial charge in [0.25, 0.3) is 5.91 Å². The van der Waals surface area contributed by atoms with Gasteiger partial charge in [-0.25, -0.2) is 0 Å². The molecule has 2 rings (SSSR count). The van der Waals surface area contributed by atoms with Crippen LogP contribution in [-0.2, 0) is 9.59 Å². The summed E-state index contributed by atoms with van der Waals surface area (Å²) < 4.78 is 6.40. The van der Waals surface area contributed by atoms with Gasteiger partial charge < -0.3 is 15.4 Å². The third kappa shape index (κ3) is 6.72. The van der Waals surface area contributed by atoms with E-state index in [1.165, 1.54) is 11.8 Å². The van der Waals surface area contributed by atoms with E-state index in [2.05, 4.69) is 26.6 Å². The molecule has 2 aromatic rings. The number of halogens is 1. The van der Waals surface area contributed by atoms with Gasteiger partial charge in [-0.3, -0.25) is 9.59 Å². The third-order valence-corrected chi connectivity index (χ3v) is 5.05. The third-order valence-electron chi connectivity index (χ3n) is 3.38. The van der Waals surface area contributed by atoms with Gasteiger partial charge in [0.15, 0.2) is 6.61 Å². The van der Waals surface area contributed by atoms with E-state index in [0.29, 0.717) is 23.7 Å². The molecule has 0 aliphatic heterocycles. The number of carbonyl (C=O) groups is 2. The fourth-order valence-electron chi connectivity index (χ4n) is 2.15. The lowest BCUT2D eigenvalue weighted by Gasteiger charge is -2.09. The maximum Gasteiger partial charge on any atom is 0.257 e. The van der Waals surface area contributed by atoms with Crippen LogP contribution in [0.25, 0.3) is 0 Å². The van der Waals surface area contributed by atoms with Crippen LogP contribution in [0.15, 0.2) is 51.8 Å². The Kier molecular flexibility index (Phi) is 8.00. The van der Waals surface area contributed by atoms with Crippen molar-refractivity contribution < 1.29 is 14.3 Å². The van der Waals surface area contributed by atoms with Gasteiger partial charge in [0, 0.05) is 21.6 Å². The van der Waals surface area contributed by atoms with E-state index in [-0.39, 0.29) is 18.4 Å². The van der Waals surface area contributed by atoms with Crippen molar-refractivity contribution in [1.29, 1.82) is 0 Å². The molecule has 0 heterocycles. The highest BCUT2D eigenvalue weighted by atomic mass is 79.9. The number of likely N-dealkylation sites (N-methyl/N-ethyl adjacent to an activating group) is 1. The number of rotatable bonds is 8. The van der Waals surface area contributed by atoms with Crippen molar-refractivity contribution in [2.75, 3.05) is 24.2 Å². The van der Waals surface area contributed by atoms with E-state index < -0.39 is 0 Å². The Morgan fingerprint density at radius 3 is 2.50 bits per heavy atom. The Morgan fingerprint density at radius 1 is 1.12 bits per heavy atom. The minimum atomic E-state index is -0.162. The SMILES string of the molecule is CCNC(=O)COc1ccc(NC(=O)CSc2ccc(Br)cc2C)cc1. The van der Waals surface area contributed by atoms with Crippen molar-refractivity contribution in [2.45, 2.75) is 18.7 Å². The van der Waals surface area contributed by atoms with Gasteiger partial charge in [0.1, 0.15) is 5.75 Å². The normalized spacial score (nSPS) is 10.3. The Hall–Kier alpha value is -1.99. The molecule has 0 unspecified atom stereocenters. The summed E-state index contributed by atoms with van der Waals surface area (Å²) in [7, 11) is 0. The molecule has 0 atom stereocenters. The molecule has 0 radical (unpaired) electrons. The van der Waals surface area contributed by atoms with E-state index in [1.54, 1.807) is 24.3 Å². The van der Waals surface area contributed by atoms with Gasteiger partial charge in [-0.2, -0.15) is 0 Å². The van der Waals surface area contributed by atoms with Crippen LogP contribution in [0.2, 0.25) is 0 Å². The van der Waals surface area contributed by atoms with Crippen LogP contribution in [0.3, 0.4) is 0 Å². The smallest absolute Gasteiger partial charge is 0.257 e. The highest BCUT2D eigenvalue weighted by Gasteiger charge is 2.07. The van der Waals surface area contributed by atoms with Crippen LogP contribution < -0.4 is 15.4 Å². The second-order valence-corrected chi connectivity index (χ2v) is 7.45. The van der Waals surface area contributed by atoms with E-state index in [1.807, 2.05) is 32.0 Å². The van der Waals surface area contributed by atoms with E-state index in [9.17, 15) is 9.59 Å². The number of benzene rings is 2. The number of ether oxygens (including phenoxy) is 1. The number of hydrogen-bond acceptors (Lipinski definition) is 4. The molecule has 2 N–H and O–H groups in total. The summed E-state index contributed by atoms with van der Waals surface area (Å²) in [4.78, 5) is 24.6. The summed E-state index contributed by atoms with van der Waals surface area (Å²) in [5.74, 6) is 0.672. The molecular weight excluding hydrogens is 416 g/mol. The first-order valence-corrected chi connectivity index (χ1v) is 9.94. The zero-order chi connectivity index (χ0) is 18.9. The predicted octanol–water partition coefficient (Wildman–Crippen LogP) is 4.00. The molecule has 0 aliphatic carbocycles. The molecule has 0 saturated carbocycles. The fourth-order valence-corrected chi connectivity index (χ4v) is 3.43. The molecule has 0 saturated heterocycles. The first kappa shape index (κ1) is 20.3. The lowest BCUT2D eigenvalue weighted by molar-refractivity contribution is -0.123. The van der Waals surface area contributed by atoms with Crippen molar-refractivity contribution in [3.63, 3.8) is 0 Å². The Morgan fingerprint density at radius 2 is 1.85 bits per heavy atom. The number of anilines is 1. The largest absolute Gasteiger partial charge is 0.484 e. The van der Waals surface area contributed by atoms with E-state index in [0.717, 1.165) is 14.9 Å². The number of amides is 2. The maximum absolute atomic E-state index is 12.1. The van der Waals surface area contributed by atoms with E-state index in [4.69, 9.17) is 4.74 Å². The first-order valence-electron chi connectivity index (χ1n) is 8.16. The Bertz CT molecular complexity index is 766. The summed E-state index contributed by atoms with van der Waals surface area (Å²) in [6, 6.07) is 12.9. The molecule has 0 bridgehead atoms. The van der Waals surface area contributed by atoms with E-state index >= 15 is 0 Å². The van der Waals surface area contributed by atoms with Crippen molar-refractivity contribution in [1.82, 2.24) is 5.32 Å². The highest BCUT2D eigenvalue weighted by molar-refractivity contribution is 9.10. The van der Waals surface area contributed by atoms with Gasteiger partial charge in [-0.05, 0) is 61.9 Å². The fraction of sp³-hybridized carbons (Fsp3) is 0.263. The number of nitrogens with one attached hydrogen (secondary N) is 2. The number of aryl methyl sites for hydroxylation is 1. The first-order chi connectivity index (χ1) is 12.5. The van der Waals surface area contributed by atoms with Crippen molar-refractivity contribution in [2.24, 2.45) is 0 Å². The molecular formula is C19H21BrN2O3S. The molecule has 26 heavy (non-hydrogen) atoms. The van der Waals surface area contributed by atoms with Crippen LogP contribution in [0.1, 0.15) is 12.5 Å². The molecule has 138 valence electrons. The second-order valence-electron chi connectivity index (χ2n) is 5.51. The Labute approximate surface area is 166 Å². The number of thioether (sulfide) groups is 1. The molecule has 0 spiro atoms. The van der Waals surface area contributed by atoms with Gasteiger partial charge in [-0.15, -0.1) is 11.8 Å². The average molecular weight is 437 g/mol. The average Bonchev–Trinajstić information content (AvgIpc) is 2.61. The quantitative estimate of drug-likeness (QED) is 0.613. The van der Waals surface area contributed by atoms with Crippen LogP contribution in [0.5, 0.6) is 5.75 Å². The number of carbonyl (C=O) groups excluding carboxylic acids is 2.